The predicted molar refractivity (Wildman–Crippen MR) is 124 cm³/mol. The number of rotatable bonds is 4. The first kappa shape index (κ1) is 22.0. The third kappa shape index (κ3) is 3.69. The van der Waals surface area contributed by atoms with Gasteiger partial charge in [-0.2, -0.15) is 5.10 Å². The molecule has 0 saturated heterocycles. The zero-order chi connectivity index (χ0) is 24.0. The van der Waals surface area contributed by atoms with Gasteiger partial charge in [0, 0.05) is 23.7 Å². The summed E-state index contributed by atoms with van der Waals surface area (Å²) in [6.45, 7) is 6.26. The molecule has 4 aromatic rings. The fourth-order valence-electron chi connectivity index (χ4n) is 4.56. The molecule has 0 bridgehead atoms. The second-order valence-electron chi connectivity index (χ2n) is 8.74. The first-order chi connectivity index (χ1) is 16.3. The van der Waals surface area contributed by atoms with Crippen molar-refractivity contribution in [2.45, 2.75) is 39.2 Å². The summed E-state index contributed by atoms with van der Waals surface area (Å²) in [5.74, 6) is -1.38. The third-order valence-corrected chi connectivity index (χ3v) is 6.12. The molecule has 0 aliphatic carbocycles. The van der Waals surface area contributed by atoms with Crippen molar-refractivity contribution in [2.24, 2.45) is 0 Å². The molecule has 1 N–H and O–H groups in total. The smallest absolute Gasteiger partial charge is 0.255 e. The summed E-state index contributed by atoms with van der Waals surface area (Å²) in [5, 5.41) is 7.75. The van der Waals surface area contributed by atoms with Crippen LogP contribution in [-0.2, 0) is 0 Å². The van der Waals surface area contributed by atoms with Crippen molar-refractivity contribution in [3.8, 4) is 16.9 Å². The zero-order valence-electron chi connectivity index (χ0n) is 19.1. The first-order valence-electron chi connectivity index (χ1n) is 11.2. The average Bonchev–Trinajstić information content (AvgIpc) is 3.16. The van der Waals surface area contributed by atoms with Crippen LogP contribution in [0.4, 0.5) is 8.78 Å². The van der Waals surface area contributed by atoms with Gasteiger partial charge in [0.25, 0.3) is 5.91 Å². The lowest BCUT2D eigenvalue weighted by Crippen LogP contribution is -2.33. The van der Waals surface area contributed by atoms with Gasteiger partial charge in [0.15, 0.2) is 17.3 Å². The van der Waals surface area contributed by atoms with Gasteiger partial charge in [-0.25, -0.2) is 18.3 Å². The highest BCUT2D eigenvalue weighted by Gasteiger charge is 2.27. The number of carbonyl (C=O) groups is 1. The summed E-state index contributed by atoms with van der Waals surface area (Å²) in [4.78, 5) is 17.9. The van der Waals surface area contributed by atoms with E-state index in [-0.39, 0.29) is 17.9 Å². The Balaban J connectivity index is 1.57. The van der Waals surface area contributed by atoms with Crippen LogP contribution < -0.4 is 10.1 Å². The lowest BCUT2D eigenvalue weighted by Gasteiger charge is -2.27. The molecule has 8 heteroatoms. The SMILES string of the molecule is Cc1nn2c(C(C)C)c(C(=O)N[C@H]3CCOc4ccccc43)cnc2c1-c1ccc(F)c(F)c1. The van der Waals surface area contributed by atoms with E-state index in [9.17, 15) is 13.6 Å². The predicted octanol–water partition coefficient (Wildman–Crippen LogP) is 5.36. The van der Waals surface area contributed by atoms with E-state index in [1.165, 1.54) is 12.3 Å². The zero-order valence-corrected chi connectivity index (χ0v) is 19.1. The summed E-state index contributed by atoms with van der Waals surface area (Å²) >= 11 is 0. The van der Waals surface area contributed by atoms with Crippen LogP contribution in [0.25, 0.3) is 16.8 Å². The van der Waals surface area contributed by atoms with Gasteiger partial charge in [0.05, 0.1) is 29.6 Å². The fraction of sp³-hybridized carbons (Fsp3) is 0.269. The Morgan fingerprint density at radius 1 is 1.18 bits per heavy atom. The molecule has 0 saturated carbocycles. The summed E-state index contributed by atoms with van der Waals surface area (Å²) in [6.07, 6.45) is 2.20. The maximum absolute atomic E-state index is 13.9. The van der Waals surface area contributed by atoms with Crippen LogP contribution in [0, 0.1) is 18.6 Å². The minimum absolute atomic E-state index is 0.0506. The van der Waals surface area contributed by atoms with Gasteiger partial charge < -0.3 is 10.1 Å². The monoisotopic (exact) mass is 462 g/mol. The van der Waals surface area contributed by atoms with E-state index in [0.29, 0.717) is 46.8 Å². The molecular weight excluding hydrogens is 438 g/mol. The molecule has 2 aromatic heterocycles. The van der Waals surface area contributed by atoms with Gasteiger partial charge in [-0.05, 0) is 36.6 Å². The minimum Gasteiger partial charge on any atom is -0.493 e. The highest BCUT2D eigenvalue weighted by Crippen LogP contribution is 2.33. The van der Waals surface area contributed by atoms with Crippen molar-refractivity contribution in [2.75, 3.05) is 6.61 Å². The summed E-state index contributed by atoms with van der Waals surface area (Å²) in [7, 11) is 0. The molecule has 1 aliphatic rings. The highest BCUT2D eigenvalue weighted by atomic mass is 19.2. The number of benzene rings is 2. The number of hydrogen-bond acceptors (Lipinski definition) is 4. The van der Waals surface area contributed by atoms with E-state index in [0.717, 1.165) is 23.4 Å². The minimum atomic E-state index is -0.937. The Kier molecular flexibility index (Phi) is 5.51. The Hall–Kier alpha value is -3.81. The van der Waals surface area contributed by atoms with E-state index in [2.05, 4.69) is 15.4 Å². The number of halogens is 2. The van der Waals surface area contributed by atoms with Crippen LogP contribution in [0.2, 0.25) is 0 Å². The molecule has 0 radical (unpaired) electrons. The number of aromatic nitrogens is 3. The number of nitrogens with one attached hydrogen (secondary N) is 1. The van der Waals surface area contributed by atoms with E-state index in [1.807, 2.05) is 38.1 Å². The molecule has 0 unspecified atom stereocenters. The summed E-state index contributed by atoms with van der Waals surface area (Å²) in [6, 6.07) is 11.2. The van der Waals surface area contributed by atoms with Crippen LogP contribution in [0.1, 0.15) is 59.5 Å². The normalized spacial score (nSPS) is 15.3. The maximum Gasteiger partial charge on any atom is 0.255 e. The first-order valence-corrected chi connectivity index (χ1v) is 11.2. The molecule has 1 aliphatic heterocycles. The standard InChI is InChI=1S/C26H24F2N4O2/c1-14(2)24-18(26(33)30-21-10-11-34-22-7-5-4-6-17(21)22)13-29-25-23(15(3)31-32(24)25)16-8-9-19(27)20(28)12-16/h4-9,12-14,21H,10-11H2,1-3H3,(H,30,33)/t21-/m0/s1. The molecule has 1 amide bonds. The van der Waals surface area contributed by atoms with Gasteiger partial charge in [0.1, 0.15) is 5.75 Å². The lowest BCUT2D eigenvalue weighted by molar-refractivity contribution is 0.0922. The molecule has 3 heterocycles. The number of carbonyl (C=O) groups excluding carboxylic acids is 1. The molecule has 174 valence electrons. The van der Waals surface area contributed by atoms with Gasteiger partial charge in [-0.3, -0.25) is 4.79 Å². The molecule has 1 atom stereocenters. The topological polar surface area (TPSA) is 68.5 Å². The van der Waals surface area contributed by atoms with E-state index in [1.54, 1.807) is 11.4 Å². The molecule has 0 spiro atoms. The Bertz CT molecular complexity index is 1410. The molecule has 5 rings (SSSR count). The third-order valence-electron chi connectivity index (χ3n) is 6.12. The van der Waals surface area contributed by atoms with Gasteiger partial charge in [-0.15, -0.1) is 0 Å². The fourth-order valence-corrected chi connectivity index (χ4v) is 4.56. The van der Waals surface area contributed by atoms with Crippen LogP contribution in [-0.4, -0.2) is 27.1 Å². The number of fused-ring (bicyclic) bond motifs is 2. The van der Waals surface area contributed by atoms with Crippen molar-refractivity contribution in [3.05, 3.63) is 82.8 Å². The molecule has 34 heavy (non-hydrogen) atoms. The second kappa shape index (κ2) is 8.52. The summed E-state index contributed by atoms with van der Waals surface area (Å²) in [5.41, 5.74) is 4.23. The number of ether oxygens (including phenoxy) is 1. The number of amides is 1. The average molecular weight is 463 g/mol. The van der Waals surface area contributed by atoms with Gasteiger partial charge >= 0.3 is 0 Å². The van der Waals surface area contributed by atoms with Gasteiger partial charge in [0.2, 0.25) is 0 Å². The van der Waals surface area contributed by atoms with Crippen LogP contribution in [0.5, 0.6) is 5.75 Å². The largest absolute Gasteiger partial charge is 0.493 e. The van der Waals surface area contributed by atoms with Crippen LogP contribution >= 0.6 is 0 Å². The molecule has 6 nitrogen and oxygen atoms in total. The van der Waals surface area contributed by atoms with E-state index in [4.69, 9.17) is 4.74 Å². The Morgan fingerprint density at radius 3 is 2.74 bits per heavy atom. The Labute approximate surface area is 195 Å². The highest BCUT2D eigenvalue weighted by molar-refractivity contribution is 5.96. The number of nitrogens with zero attached hydrogens (tertiary/aromatic N) is 3. The Morgan fingerprint density at radius 2 is 1.97 bits per heavy atom. The van der Waals surface area contributed by atoms with Crippen LogP contribution in [0.3, 0.4) is 0 Å². The molecular formula is C26H24F2N4O2. The lowest BCUT2D eigenvalue weighted by atomic mass is 9.99. The second-order valence-corrected chi connectivity index (χ2v) is 8.74. The summed E-state index contributed by atoms with van der Waals surface area (Å²) < 4.78 is 34.8. The quantitative estimate of drug-likeness (QED) is 0.443. The van der Waals surface area contributed by atoms with Crippen LogP contribution in [0.15, 0.2) is 48.7 Å². The number of hydrogen-bond donors (Lipinski definition) is 1. The number of para-hydroxylation sites is 1. The van der Waals surface area contributed by atoms with Crippen molar-refractivity contribution in [1.29, 1.82) is 0 Å². The van der Waals surface area contributed by atoms with Crippen molar-refractivity contribution in [1.82, 2.24) is 19.9 Å². The molecule has 0 fully saturated rings. The van der Waals surface area contributed by atoms with E-state index >= 15 is 0 Å². The molecule has 2 aromatic carbocycles. The van der Waals surface area contributed by atoms with Crippen molar-refractivity contribution < 1.29 is 18.3 Å². The van der Waals surface area contributed by atoms with E-state index < -0.39 is 11.6 Å². The van der Waals surface area contributed by atoms with Gasteiger partial charge in [-0.1, -0.05) is 38.1 Å². The maximum atomic E-state index is 13.9. The number of aryl methyl sites for hydroxylation is 1. The van der Waals surface area contributed by atoms with Crippen molar-refractivity contribution >= 4 is 11.6 Å². The van der Waals surface area contributed by atoms with Crippen molar-refractivity contribution in [3.63, 3.8) is 0 Å².